The number of aromatic nitrogens is 4. The quantitative estimate of drug-likeness (QED) is 0.525. The highest BCUT2D eigenvalue weighted by atomic mass is 35.5. The van der Waals surface area contributed by atoms with Gasteiger partial charge in [0.15, 0.2) is 11.5 Å². The summed E-state index contributed by atoms with van der Waals surface area (Å²) in [4.78, 5) is 23.8. The van der Waals surface area contributed by atoms with E-state index in [4.69, 9.17) is 0 Å². The van der Waals surface area contributed by atoms with E-state index in [9.17, 15) is 31.7 Å². The molecule has 9 nitrogen and oxygen atoms in total. The van der Waals surface area contributed by atoms with Gasteiger partial charge in [-0.05, 0) is 0 Å². The van der Waals surface area contributed by atoms with Crippen LogP contribution in [0.2, 0.25) is 0 Å². The van der Waals surface area contributed by atoms with E-state index < -0.39 is 58.7 Å². The van der Waals surface area contributed by atoms with Gasteiger partial charge in [0.1, 0.15) is 11.4 Å². The van der Waals surface area contributed by atoms with E-state index in [-0.39, 0.29) is 12.4 Å². The van der Waals surface area contributed by atoms with Gasteiger partial charge in [-0.3, -0.25) is 19.0 Å². The van der Waals surface area contributed by atoms with Gasteiger partial charge < -0.3 is 4.55 Å². The Kier molecular flexibility index (Phi) is 7.62. The maximum absolute atomic E-state index is 12.8. The smallest absolute Gasteiger partial charge is 0.297 e. The van der Waals surface area contributed by atoms with E-state index in [0.29, 0.717) is 0 Å². The number of halogens is 5. The highest BCUT2D eigenvalue weighted by molar-refractivity contribution is 7.88. The molecule has 0 aliphatic carbocycles. The largest absolute Gasteiger partial charge is 0.568 e. The van der Waals surface area contributed by atoms with E-state index in [1.165, 1.54) is 14.1 Å². The number of carbonyl (C=O) groups is 2. The van der Waals surface area contributed by atoms with Crippen molar-refractivity contribution in [3.8, 4) is 0 Å². The van der Waals surface area contributed by atoms with Crippen LogP contribution in [0.15, 0.2) is 12.4 Å². The summed E-state index contributed by atoms with van der Waals surface area (Å²) in [7, 11) is 2.60. The predicted octanol–water partition coefficient (Wildman–Crippen LogP) is 1.19. The van der Waals surface area contributed by atoms with E-state index in [1.807, 2.05) is 0 Å². The summed E-state index contributed by atoms with van der Waals surface area (Å²) in [5, 5.41) is 6.81. The van der Waals surface area contributed by atoms with Crippen molar-refractivity contribution in [3.05, 3.63) is 34.9 Å². The van der Waals surface area contributed by atoms with Crippen LogP contribution in [-0.4, -0.2) is 35.9 Å². The van der Waals surface area contributed by atoms with E-state index >= 15 is 0 Å². The lowest BCUT2D eigenvalue weighted by Crippen LogP contribution is -2.43. The number of aryl methyl sites for hydroxylation is 2. The molecule has 0 aromatic carbocycles. The standard InChI is InChI=1S/C12H12F4N6O3S.ClH/c1-21-3-5(7(17-21)9(13)14)11(23)19-26(25)20-12(24)6-4-22(2)18-8(6)10(15)16;/h3-4,9-10H,1-2H3,(H,19,23)(H,20,24);1H. The Balaban J connectivity index is 0.00000364. The summed E-state index contributed by atoms with van der Waals surface area (Å²) in [5.74, 6) is -2.38. The molecule has 0 radical (unpaired) electrons. The summed E-state index contributed by atoms with van der Waals surface area (Å²) in [6.07, 6.45) is -4.15. The number of alkyl halides is 4. The van der Waals surface area contributed by atoms with Crippen molar-refractivity contribution in [3.63, 3.8) is 0 Å². The molecule has 2 amide bonds. The van der Waals surface area contributed by atoms with E-state index in [2.05, 4.69) is 10.2 Å². The first-order chi connectivity index (χ1) is 12.1. The van der Waals surface area contributed by atoms with Gasteiger partial charge in [-0.25, -0.2) is 17.6 Å². The minimum atomic E-state index is -3.05. The van der Waals surface area contributed by atoms with Crippen molar-refractivity contribution < 1.29 is 31.7 Å². The topological polar surface area (TPSA) is 117 Å². The third-order valence-electron chi connectivity index (χ3n) is 2.99. The fourth-order valence-electron chi connectivity index (χ4n) is 1.99. The van der Waals surface area contributed by atoms with Gasteiger partial charge in [-0.2, -0.15) is 10.2 Å². The lowest BCUT2D eigenvalue weighted by molar-refractivity contribution is 0.0958. The molecule has 0 saturated heterocycles. The minimum absolute atomic E-state index is 0. The molecule has 0 fully saturated rings. The first-order valence-corrected chi connectivity index (χ1v) is 7.92. The Hall–Kier alpha value is -2.32. The monoisotopic (exact) mass is 432 g/mol. The molecule has 2 heterocycles. The van der Waals surface area contributed by atoms with Gasteiger partial charge in [0.05, 0.1) is 11.1 Å². The van der Waals surface area contributed by atoms with Crippen LogP contribution in [0.5, 0.6) is 0 Å². The molecule has 0 aliphatic rings. The molecule has 27 heavy (non-hydrogen) atoms. The van der Waals surface area contributed by atoms with E-state index in [1.54, 1.807) is 9.44 Å². The summed E-state index contributed by atoms with van der Waals surface area (Å²) < 4.78 is 68.5. The maximum atomic E-state index is 12.8. The Labute approximate surface area is 158 Å². The maximum Gasteiger partial charge on any atom is 0.297 e. The molecule has 2 aromatic heterocycles. The van der Waals surface area contributed by atoms with Crippen LogP contribution in [0, 0.1) is 0 Å². The molecule has 15 heteroatoms. The fourth-order valence-corrected chi connectivity index (χ4v) is 2.60. The average Bonchev–Trinajstić information content (AvgIpc) is 3.10. The molecule has 0 bridgehead atoms. The summed E-state index contributed by atoms with van der Waals surface area (Å²) in [5.41, 5.74) is -2.75. The van der Waals surface area contributed by atoms with Crippen LogP contribution in [0.3, 0.4) is 0 Å². The van der Waals surface area contributed by atoms with Crippen LogP contribution in [-0.2, 0) is 25.6 Å². The molecule has 2 rings (SSSR count). The molecule has 0 atom stereocenters. The lowest BCUT2D eigenvalue weighted by atomic mass is 10.2. The zero-order chi connectivity index (χ0) is 19.6. The highest BCUT2D eigenvalue weighted by Crippen LogP contribution is 2.22. The number of hydrogen-bond acceptors (Lipinski definition) is 5. The second-order valence-electron chi connectivity index (χ2n) is 4.94. The highest BCUT2D eigenvalue weighted by Gasteiger charge is 2.29. The number of nitrogens with one attached hydrogen (secondary N) is 2. The molecule has 2 N–H and O–H groups in total. The molecule has 0 unspecified atom stereocenters. The van der Waals surface area contributed by atoms with Gasteiger partial charge in [0.25, 0.3) is 24.7 Å². The SMILES string of the molecule is Cl.Cn1cc(C(=O)N[S+]([O-])NC(=O)c2cn(C)nc2C(F)F)c(C(F)F)n1. The van der Waals surface area contributed by atoms with Crippen molar-refractivity contribution in [1.29, 1.82) is 0 Å². The molecule has 2 aromatic rings. The zero-order valence-corrected chi connectivity index (χ0v) is 15.3. The Morgan fingerprint density at radius 1 is 0.963 bits per heavy atom. The second kappa shape index (κ2) is 9.05. The van der Waals surface area contributed by atoms with Gasteiger partial charge in [0.2, 0.25) is 0 Å². The van der Waals surface area contributed by atoms with Crippen molar-refractivity contribution in [2.75, 3.05) is 0 Å². The number of carbonyl (C=O) groups excluding carboxylic acids is 2. The first kappa shape index (κ1) is 22.7. The molecular weight excluding hydrogens is 420 g/mol. The van der Waals surface area contributed by atoms with Crippen molar-refractivity contribution >= 4 is 35.8 Å². The predicted molar refractivity (Wildman–Crippen MR) is 86.7 cm³/mol. The van der Waals surface area contributed by atoms with E-state index in [0.717, 1.165) is 21.8 Å². The van der Waals surface area contributed by atoms with Gasteiger partial charge in [-0.15, -0.1) is 21.9 Å². The van der Waals surface area contributed by atoms with Crippen LogP contribution >= 0.6 is 12.4 Å². The Morgan fingerprint density at radius 3 is 1.59 bits per heavy atom. The van der Waals surface area contributed by atoms with Crippen LogP contribution < -0.4 is 9.44 Å². The van der Waals surface area contributed by atoms with Crippen molar-refractivity contribution in [1.82, 2.24) is 29.0 Å². The molecule has 150 valence electrons. The zero-order valence-electron chi connectivity index (χ0n) is 13.7. The normalized spacial score (nSPS) is 11.0. The summed E-state index contributed by atoms with van der Waals surface area (Å²) in [6.45, 7) is 0. The third-order valence-corrected chi connectivity index (χ3v) is 3.73. The van der Waals surface area contributed by atoms with Gasteiger partial charge in [-0.1, -0.05) is 0 Å². The second-order valence-corrected chi connectivity index (χ2v) is 5.88. The average molecular weight is 433 g/mol. The minimum Gasteiger partial charge on any atom is -0.568 e. The lowest BCUT2D eigenvalue weighted by Gasteiger charge is -2.10. The number of rotatable bonds is 6. The Morgan fingerprint density at radius 2 is 1.30 bits per heavy atom. The number of nitrogens with zero attached hydrogens (tertiary/aromatic N) is 4. The van der Waals surface area contributed by atoms with Crippen LogP contribution in [0.4, 0.5) is 17.6 Å². The number of amides is 2. The summed E-state index contributed by atoms with van der Waals surface area (Å²) in [6, 6.07) is 0. The summed E-state index contributed by atoms with van der Waals surface area (Å²) >= 11 is -2.57. The van der Waals surface area contributed by atoms with Crippen LogP contribution in [0.1, 0.15) is 45.0 Å². The van der Waals surface area contributed by atoms with Crippen LogP contribution in [0.25, 0.3) is 0 Å². The van der Waals surface area contributed by atoms with Crippen molar-refractivity contribution in [2.24, 2.45) is 14.1 Å². The molecule has 0 saturated carbocycles. The molecule has 0 spiro atoms. The molecular formula is C12H13ClF4N6O3S. The first-order valence-electron chi connectivity index (χ1n) is 6.77. The van der Waals surface area contributed by atoms with Gasteiger partial charge >= 0.3 is 0 Å². The third kappa shape index (κ3) is 5.33. The molecule has 0 aliphatic heterocycles. The fraction of sp³-hybridized carbons (Fsp3) is 0.333. The van der Waals surface area contributed by atoms with Crippen molar-refractivity contribution in [2.45, 2.75) is 12.9 Å². The number of hydrogen-bond donors (Lipinski definition) is 2. The van der Waals surface area contributed by atoms with Gasteiger partial charge in [0, 0.05) is 26.5 Å². The Bertz CT molecular complexity index is 764.